The van der Waals surface area contributed by atoms with Gasteiger partial charge in [0.05, 0.1) is 0 Å². The molecular formula is C11H20N4OS. The van der Waals surface area contributed by atoms with Crippen molar-refractivity contribution in [3.05, 3.63) is 11.1 Å². The van der Waals surface area contributed by atoms with Crippen molar-refractivity contribution in [1.29, 1.82) is 0 Å². The van der Waals surface area contributed by atoms with Gasteiger partial charge in [0, 0.05) is 18.5 Å². The van der Waals surface area contributed by atoms with Gasteiger partial charge in [-0.25, -0.2) is 4.98 Å². The van der Waals surface area contributed by atoms with E-state index in [1.807, 2.05) is 14.1 Å². The number of nitrogens with one attached hydrogen (secondary N) is 1. The zero-order chi connectivity index (χ0) is 13.1. The summed E-state index contributed by atoms with van der Waals surface area (Å²) in [5, 5.41) is 4.97. The topological polar surface area (TPSA) is 71.2 Å². The number of thiazole rings is 1. The van der Waals surface area contributed by atoms with Gasteiger partial charge >= 0.3 is 0 Å². The minimum absolute atomic E-state index is 0.0285. The Kier molecular flexibility index (Phi) is 4.47. The molecule has 1 aromatic heterocycles. The van der Waals surface area contributed by atoms with E-state index in [0.29, 0.717) is 17.4 Å². The van der Waals surface area contributed by atoms with E-state index in [4.69, 9.17) is 5.73 Å². The van der Waals surface area contributed by atoms with Crippen molar-refractivity contribution in [3.63, 3.8) is 0 Å². The predicted octanol–water partition coefficient (Wildman–Crippen LogP) is 1.04. The molecule has 0 aliphatic carbocycles. The van der Waals surface area contributed by atoms with Gasteiger partial charge in [-0.2, -0.15) is 0 Å². The molecule has 0 saturated heterocycles. The Morgan fingerprint density at radius 2 is 2.24 bits per heavy atom. The molecular weight excluding hydrogens is 236 g/mol. The maximum Gasteiger partial charge on any atom is 0.270 e. The van der Waals surface area contributed by atoms with Gasteiger partial charge in [0.15, 0.2) is 5.13 Å². The Hall–Kier alpha value is -1.14. The summed E-state index contributed by atoms with van der Waals surface area (Å²) in [4.78, 5) is 17.8. The highest BCUT2D eigenvalue weighted by Gasteiger charge is 2.20. The second-order valence-electron chi connectivity index (χ2n) is 5.16. The van der Waals surface area contributed by atoms with Gasteiger partial charge in [0.25, 0.3) is 5.91 Å². The Balaban J connectivity index is 2.48. The summed E-state index contributed by atoms with van der Waals surface area (Å²) in [7, 11) is 4.04. The lowest BCUT2D eigenvalue weighted by atomic mass is 9.93. The van der Waals surface area contributed by atoms with Crippen molar-refractivity contribution in [1.82, 2.24) is 15.2 Å². The van der Waals surface area contributed by atoms with E-state index in [1.54, 1.807) is 5.38 Å². The van der Waals surface area contributed by atoms with Crippen LogP contribution in [-0.4, -0.2) is 43.0 Å². The highest BCUT2D eigenvalue weighted by Crippen LogP contribution is 2.15. The number of anilines is 1. The highest BCUT2D eigenvalue weighted by molar-refractivity contribution is 7.13. The van der Waals surface area contributed by atoms with Crippen molar-refractivity contribution < 1.29 is 4.79 Å². The van der Waals surface area contributed by atoms with E-state index in [0.717, 1.165) is 6.54 Å². The molecule has 17 heavy (non-hydrogen) atoms. The van der Waals surface area contributed by atoms with Crippen molar-refractivity contribution in [3.8, 4) is 0 Å². The summed E-state index contributed by atoms with van der Waals surface area (Å²) in [5.41, 5.74) is 5.91. The Morgan fingerprint density at radius 3 is 2.71 bits per heavy atom. The molecule has 0 bridgehead atoms. The number of carbonyl (C=O) groups is 1. The number of aromatic nitrogens is 1. The Labute approximate surface area is 106 Å². The van der Waals surface area contributed by atoms with Crippen LogP contribution in [0.2, 0.25) is 0 Å². The quantitative estimate of drug-likeness (QED) is 0.826. The second kappa shape index (κ2) is 5.46. The molecule has 3 N–H and O–H groups in total. The molecule has 0 aromatic carbocycles. The monoisotopic (exact) mass is 256 g/mol. The Morgan fingerprint density at radius 1 is 1.59 bits per heavy atom. The summed E-state index contributed by atoms with van der Waals surface area (Å²) in [6, 6.07) is 0. The molecule has 0 aliphatic rings. The molecule has 1 heterocycles. The van der Waals surface area contributed by atoms with Crippen molar-refractivity contribution >= 4 is 22.4 Å². The third-order valence-electron chi connectivity index (χ3n) is 2.23. The first-order valence-electron chi connectivity index (χ1n) is 5.44. The number of hydrogen-bond acceptors (Lipinski definition) is 5. The van der Waals surface area contributed by atoms with E-state index < -0.39 is 0 Å². The molecule has 0 atom stereocenters. The standard InChI is InChI=1S/C11H20N4OS/c1-11(2,7-15(3)4)6-13-9(16)8-5-17-10(12)14-8/h5H,6-7H2,1-4H3,(H2,12,14)(H,13,16). The average molecular weight is 256 g/mol. The smallest absolute Gasteiger partial charge is 0.270 e. The second-order valence-corrected chi connectivity index (χ2v) is 6.05. The van der Waals surface area contributed by atoms with Crippen LogP contribution < -0.4 is 11.1 Å². The molecule has 0 aliphatic heterocycles. The fraction of sp³-hybridized carbons (Fsp3) is 0.636. The minimum atomic E-state index is -0.162. The van der Waals surface area contributed by atoms with E-state index in [-0.39, 0.29) is 11.3 Å². The number of hydrogen-bond donors (Lipinski definition) is 2. The molecule has 5 nitrogen and oxygen atoms in total. The van der Waals surface area contributed by atoms with Crippen LogP contribution in [0.25, 0.3) is 0 Å². The molecule has 0 spiro atoms. The fourth-order valence-electron chi connectivity index (χ4n) is 1.71. The molecule has 6 heteroatoms. The number of nitrogen functional groups attached to an aromatic ring is 1. The van der Waals surface area contributed by atoms with Crippen LogP contribution in [-0.2, 0) is 0 Å². The Bertz CT molecular complexity index is 387. The summed E-state index contributed by atoms with van der Waals surface area (Å²) >= 11 is 1.27. The van der Waals surface area contributed by atoms with Gasteiger partial charge in [0.1, 0.15) is 5.69 Å². The van der Waals surface area contributed by atoms with Gasteiger partial charge in [-0.05, 0) is 19.5 Å². The molecule has 96 valence electrons. The highest BCUT2D eigenvalue weighted by atomic mass is 32.1. The van der Waals surface area contributed by atoms with Crippen LogP contribution in [0.4, 0.5) is 5.13 Å². The van der Waals surface area contributed by atoms with E-state index in [2.05, 4.69) is 29.0 Å². The summed E-state index contributed by atoms with van der Waals surface area (Å²) < 4.78 is 0. The van der Waals surface area contributed by atoms with Gasteiger partial charge < -0.3 is 16.0 Å². The normalized spacial score (nSPS) is 11.8. The van der Waals surface area contributed by atoms with Crippen LogP contribution in [0.15, 0.2) is 5.38 Å². The average Bonchev–Trinajstić information content (AvgIpc) is 2.59. The maximum absolute atomic E-state index is 11.8. The zero-order valence-corrected chi connectivity index (χ0v) is 11.6. The van der Waals surface area contributed by atoms with E-state index >= 15 is 0 Å². The van der Waals surface area contributed by atoms with Crippen molar-refractivity contribution in [2.24, 2.45) is 5.41 Å². The molecule has 1 rings (SSSR count). The SMILES string of the molecule is CN(C)CC(C)(C)CNC(=O)c1csc(N)n1. The lowest BCUT2D eigenvalue weighted by Crippen LogP contribution is -2.40. The van der Waals surface area contributed by atoms with Crippen LogP contribution in [0.5, 0.6) is 0 Å². The van der Waals surface area contributed by atoms with Crippen LogP contribution in [0.3, 0.4) is 0 Å². The third kappa shape index (κ3) is 4.70. The van der Waals surface area contributed by atoms with E-state index in [9.17, 15) is 4.79 Å². The zero-order valence-electron chi connectivity index (χ0n) is 10.8. The first-order chi connectivity index (χ1) is 7.80. The number of nitrogens with zero attached hydrogens (tertiary/aromatic N) is 2. The summed E-state index contributed by atoms with van der Waals surface area (Å²) in [5.74, 6) is -0.162. The molecule has 0 saturated carbocycles. The number of carbonyl (C=O) groups excluding carboxylic acids is 1. The van der Waals surface area contributed by atoms with Crippen molar-refractivity contribution in [2.75, 3.05) is 32.9 Å². The molecule has 0 unspecified atom stereocenters. The molecule has 1 amide bonds. The lowest BCUT2D eigenvalue weighted by Gasteiger charge is -2.28. The first kappa shape index (κ1) is 13.9. The van der Waals surface area contributed by atoms with Crippen LogP contribution >= 0.6 is 11.3 Å². The summed E-state index contributed by atoms with van der Waals surface area (Å²) in [6.07, 6.45) is 0. The maximum atomic E-state index is 11.8. The number of nitrogens with two attached hydrogens (primary N) is 1. The molecule has 1 aromatic rings. The van der Waals surface area contributed by atoms with Crippen LogP contribution in [0, 0.1) is 5.41 Å². The fourth-order valence-corrected chi connectivity index (χ4v) is 2.26. The van der Waals surface area contributed by atoms with Gasteiger partial charge in [-0.15, -0.1) is 11.3 Å². The summed E-state index contributed by atoms with van der Waals surface area (Å²) in [6.45, 7) is 5.75. The third-order valence-corrected chi connectivity index (χ3v) is 2.90. The first-order valence-corrected chi connectivity index (χ1v) is 6.32. The lowest BCUT2D eigenvalue weighted by molar-refractivity contribution is 0.0925. The number of rotatable bonds is 5. The van der Waals surface area contributed by atoms with Gasteiger partial charge in [-0.1, -0.05) is 13.8 Å². The van der Waals surface area contributed by atoms with Gasteiger partial charge in [0.2, 0.25) is 0 Å². The molecule has 0 fully saturated rings. The van der Waals surface area contributed by atoms with Crippen molar-refractivity contribution in [2.45, 2.75) is 13.8 Å². The minimum Gasteiger partial charge on any atom is -0.375 e. The van der Waals surface area contributed by atoms with Gasteiger partial charge in [-0.3, -0.25) is 4.79 Å². The largest absolute Gasteiger partial charge is 0.375 e. The van der Waals surface area contributed by atoms with Crippen LogP contribution in [0.1, 0.15) is 24.3 Å². The number of amides is 1. The predicted molar refractivity (Wildman–Crippen MR) is 71.2 cm³/mol. The molecule has 0 radical (unpaired) electrons. The van der Waals surface area contributed by atoms with E-state index in [1.165, 1.54) is 11.3 Å².